The van der Waals surface area contributed by atoms with Crippen molar-refractivity contribution in [3.8, 4) is 0 Å². The summed E-state index contributed by atoms with van der Waals surface area (Å²) in [7, 11) is 0. The molecule has 2 N–H and O–H groups in total. The highest BCUT2D eigenvalue weighted by Gasteiger charge is 2.27. The monoisotopic (exact) mass is 226 g/mol. The number of rotatable bonds is 3. The third-order valence-corrected chi connectivity index (χ3v) is 3.69. The van der Waals surface area contributed by atoms with Gasteiger partial charge in [0.05, 0.1) is 12.6 Å². The molecule has 0 aromatic heterocycles. The quantitative estimate of drug-likeness (QED) is 0.730. The van der Waals surface area contributed by atoms with Crippen molar-refractivity contribution >= 4 is 5.91 Å². The summed E-state index contributed by atoms with van der Waals surface area (Å²) in [6, 6.07) is 0.384. The van der Waals surface area contributed by atoms with E-state index in [-0.39, 0.29) is 12.0 Å². The molecule has 4 nitrogen and oxygen atoms in total. The average molecular weight is 226 g/mol. The van der Waals surface area contributed by atoms with Crippen LogP contribution >= 0.6 is 0 Å². The predicted octanol–water partition coefficient (Wildman–Crippen LogP) is 0.358. The molecule has 2 aliphatic rings. The molecule has 1 amide bonds. The maximum atomic E-state index is 11.7. The molecule has 0 spiro atoms. The summed E-state index contributed by atoms with van der Waals surface area (Å²) in [6.07, 6.45) is 4.48. The van der Waals surface area contributed by atoms with E-state index in [1.54, 1.807) is 0 Å². The lowest BCUT2D eigenvalue weighted by molar-refractivity contribution is -0.125. The third kappa shape index (κ3) is 3.19. The largest absolute Gasteiger partial charge is 0.390 e. The van der Waals surface area contributed by atoms with E-state index in [9.17, 15) is 4.79 Å². The Morgan fingerprint density at radius 3 is 2.50 bits per heavy atom. The topological polar surface area (TPSA) is 52.6 Å². The number of β-amino-alcohol motifs (C(OH)–C–C–N with tert-alkyl or cyclic N) is 1. The van der Waals surface area contributed by atoms with Crippen molar-refractivity contribution < 1.29 is 9.90 Å². The summed E-state index contributed by atoms with van der Waals surface area (Å²) >= 11 is 0. The second-order valence-corrected chi connectivity index (χ2v) is 5.37. The van der Waals surface area contributed by atoms with Gasteiger partial charge in [0.25, 0.3) is 0 Å². The minimum atomic E-state index is -0.219. The zero-order valence-corrected chi connectivity index (χ0v) is 9.98. The van der Waals surface area contributed by atoms with E-state index in [2.05, 4.69) is 12.2 Å². The van der Waals surface area contributed by atoms with Crippen molar-refractivity contribution in [2.24, 2.45) is 5.92 Å². The Labute approximate surface area is 97.0 Å². The molecule has 2 fully saturated rings. The van der Waals surface area contributed by atoms with Gasteiger partial charge < -0.3 is 10.4 Å². The number of aliphatic hydroxyl groups excluding tert-OH is 1. The molecule has 0 aromatic rings. The van der Waals surface area contributed by atoms with Crippen LogP contribution in [0.25, 0.3) is 0 Å². The van der Waals surface area contributed by atoms with Crippen molar-refractivity contribution in [3.63, 3.8) is 0 Å². The van der Waals surface area contributed by atoms with Crippen molar-refractivity contribution in [2.75, 3.05) is 19.6 Å². The first-order valence-electron chi connectivity index (χ1n) is 6.33. The van der Waals surface area contributed by atoms with Crippen molar-refractivity contribution in [3.05, 3.63) is 0 Å². The van der Waals surface area contributed by atoms with Gasteiger partial charge in [-0.1, -0.05) is 6.92 Å². The normalized spacial score (nSPS) is 32.1. The van der Waals surface area contributed by atoms with Crippen LogP contribution in [0.4, 0.5) is 0 Å². The summed E-state index contributed by atoms with van der Waals surface area (Å²) in [4.78, 5) is 13.6. The highest BCUT2D eigenvalue weighted by atomic mass is 16.3. The minimum Gasteiger partial charge on any atom is -0.390 e. The van der Waals surface area contributed by atoms with Crippen LogP contribution in [0.15, 0.2) is 0 Å². The molecule has 0 unspecified atom stereocenters. The fourth-order valence-corrected chi connectivity index (χ4v) is 2.55. The molecule has 1 heterocycles. The molecule has 2 rings (SSSR count). The smallest absolute Gasteiger partial charge is 0.234 e. The van der Waals surface area contributed by atoms with Crippen LogP contribution in [0.5, 0.6) is 0 Å². The van der Waals surface area contributed by atoms with Crippen LogP contribution < -0.4 is 5.32 Å². The van der Waals surface area contributed by atoms with Crippen LogP contribution in [0.1, 0.15) is 32.6 Å². The summed E-state index contributed by atoms with van der Waals surface area (Å²) in [5.41, 5.74) is 0. The van der Waals surface area contributed by atoms with Crippen molar-refractivity contribution in [1.29, 1.82) is 0 Å². The van der Waals surface area contributed by atoms with Crippen LogP contribution in [0, 0.1) is 5.92 Å². The maximum absolute atomic E-state index is 11.7. The van der Waals surface area contributed by atoms with Gasteiger partial charge in [-0.25, -0.2) is 0 Å². The Bertz CT molecular complexity index is 243. The molecular formula is C12H22N2O2. The molecule has 0 atom stereocenters. The van der Waals surface area contributed by atoms with Gasteiger partial charge in [0.2, 0.25) is 5.91 Å². The van der Waals surface area contributed by atoms with Crippen LogP contribution in [-0.4, -0.2) is 47.7 Å². The Kier molecular flexibility index (Phi) is 3.82. The first-order valence-corrected chi connectivity index (χ1v) is 6.33. The Balaban J connectivity index is 1.63. The van der Waals surface area contributed by atoms with Crippen LogP contribution in [-0.2, 0) is 4.79 Å². The second kappa shape index (κ2) is 5.15. The summed E-state index contributed by atoms with van der Waals surface area (Å²) in [5.74, 6) is 0.935. The lowest BCUT2D eigenvalue weighted by Crippen LogP contribution is -2.54. The predicted molar refractivity (Wildman–Crippen MR) is 62.0 cm³/mol. The first kappa shape index (κ1) is 11.9. The first-order chi connectivity index (χ1) is 7.63. The Morgan fingerprint density at radius 2 is 1.94 bits per heavy atom. The fourth-order valence-electron chi connectivity index (χ4n) is 2.55. The van der Waals surface area contributed by atoms with E-state index in [0.29, 0.717) is 25.7 Å². The summed E-state index contributed by atoms with van der Waals surface area (Å²) in [5, 5.41) is 12.2. The molecule has 1 saturated carbocycles. The van der Waals surface area contributed by atoms with Gasteiger partial charge in [0.15, 0.2) is 0 Å². The highest BCUT2D eigenvalue weighted by molar-refractivity contribution is 5.78. The minimum absolute atomic E-state index is 0.117. The maximum Gasteiger partial charge on any atom is 0.234 e. The molecule has 0 radical (unpaired) electrons. The van der Waals surface area contributed by atoms with Crippen LogP contribution in [0.3, 0.4) is 0 Å². The number of aliphatic hydroxyl groups is 1. The van der Waals surface area contributed by atoms with Gasteiger partial charge in [0.1, 0.15) is 0 Å². The molecule has 1 aliphatic carbocycles. The second-order valence-electron chi connectivity index (χ2n) is 5.37. The lowest BCUT2D eigenvalue weighted by Gasteiger charge is -2.35. The number of hydrogen-bond acceptors (Lipinski definition) is 3. The van der Waals surface area contributed by atoms with E-state index in [1.807, 2.05) is 4.90 Å². The van der Waals surface area contributed by atoms with Gasteiger partial charge in [-0.2, -0.15) is 0 Å². The zero-order valence-electron chi connectivity index (χ0n) is 9.98. The molecular weight excluding hydrogens is 204 g/mol. The molecule has 4 heteroatoms. The Hall–Kier alpha value is -0.610. The molecule has 92 valence electrons. The van der Waals surface area contributed by atoms with E-state index in [1.165, 1.54) is 12.8 Å². The van der Waals surface area contributed by atoms with Gasteiger partial charge in [-0.05, 0) is 31.6 Å². The Morgan fingerprint density at radius 1 is 1.31 bits per heavy atom. The van der Waals surface area contributed by atoms with E-state index >= 15 is 0 Å². The number of nitrogens with one attached hydrogen (secondary N) is 1. The van der Waals surface area contributed by atoms with E-state index < -0.39 is 0 Å². The number of nitrogens with zero attached hydrogens (tertiary/aromatic N) is 1. The number of amides is 1. The van der Waals surface area contributed by atoms with E-state index in [0.717, 1.165) is 18.8 Å². The van der Waals surface area contributed by atoms with E-state index in [4.69, 9.17) is 5.11 Å². The summed E-state index contributed by atoms with van der Waals surface area (Å²) in [6.45, 7) is 4.02. The average Bonchev–Trinajstić information content (AvgIpc) is 2.19. The standard InChI is InChI=1S/C12H22N2O2/c1-9-2-4-10(5-3-9)13-12(16)8-14-6-11(15)7-14/h9-11,15H,2-8H2,1H3,(H,13,16). The van der Waals surface area contributed by atoms with Crippen molar-refractivity contribution in [2.45, 2.75) is 44.8 Å². The van der Waals surface area contributed by atoms with Gasteiger partial charge in [0, 0.05) is 19.1 Å². The third-order valence-electron chi connectivity index (χ3n) is 3.69. The molecule has 1 aliphatic heterocycles. The molecule has 0 aromatic carbocycles. The highest BCUT2D eigenvalue weighted by Crippen LogP contribution is 2.23. The number of carbonyl (C=O) groups excluding carboxylic acids is 1. The van der Waals surface area contributed by atoms with Gasteiger partial charge in [-0.15, -0.1) is 0 Å². The number of likely N-dealkylation sites (tertiary alicyclic amines) is 1. The zero-order chi connectivity index (χ0) is 11.5. The van der Waals surface area contributed by atoms with Gasteiger partial charge in [-0.3, -0.25) is 9.69 Å². The van der Waals surface area contributed by atoms with Crippen molar-refractivity contribution in [1.82, 2.24) is 10.2 Å². The molecule has 1 saturated heterocycles. The van der Waals surface area contributed by atoms with Gasteiger partial charge >= 0.3 is 0 Å². The summed E-state index contributed by atoms with van der Waals surface area (Å²) < 4.78 is 0. The fraction of sp³-hybridized carbons (Fsp3) is 0.917. The van der Waals surface area contributed by atoms with Crippen LogP contribution in [0.2, 0.25) is 0 Å². The number of hydrogen-bond donors (Lipinski definition) is 2. The number of carbonyl (C=O) groups is 1. The molecule has 16 heavy (non-hydrogen) atoms. The molecule has 0 bridgehead atoms. The lowest BCUT2D eigenvalue weighted by atomic mass is 9.87. The SMILES string of the molecule is CC1CCC(NC(=O)CN2CC(O)C2)CC1.